The molecule has 0 radical (unpaired) electrons. The number of fused-ring (bicyclic) bond motifs is 6. The number of hydrogen-bond donors (Lipinski definition) is 0. The average Bonchev–Trinajstić information content (AvgIpc) is 3.89. The van der Waals surface area contributed by atoms with Gasteiger partial charge in [0, 0.05) is 27.5 Å². The predicted molar refractivity (Wildman–Crippen MR) is 252 cm³/mol. The maximum atomic E-state index is 6.67. The van der Waals surface area contributed by atoms with Gasteiger partial charge in [-0.05, 0) is 73.8 Å². The normalized spacial score (nSPS) is 12.6. The van der Waals surface area contributed by atoms with Crippen molar-refractivity contribution in [3.8, 4) is 67.5 Å². The van der Waals surface area contributed by atoms with Crippen LogP contribution in [-0.2, 0) is 5.41 Å². The quantitative estimate of drug-likeness (QED) is 0.161. The molecule has 290 valence electrons. The van der Waals surface area contributed by atoms with E-state index in [4.69, 9.17) is 19.4 Å². The van der Waals surface area contributed by atoms with E-state index in [1.54, 1.807) is 0 Å². The van der Waals surface area contributed by atoms with E-state index >= 15 is 0 Å². The third-order valence-electron chi connectivity index (χ3n) is 12.4. The number of rotatable bonds is 7. The molecule has 62 heavy (non-hydrogen) atoms. The fourth-order valence-electron chi connectivity index (χ4n) is 9.81. The Morgan fingerprint density at radius 3 is 1.35 bits per heavy atom. The molecule has 0 N–H and O–H groups in total. The van der Waals surface area contributed by atoms with Crippen LogP contribution in [0.15, 0.2) is 229 Å². The standard InChI is InChI=1S/C58H37N3O/c1-4-19-38(20-5-1)40-23-16-24-41(37-40)43-30-17-35-51-53(43)54-47(31-18-36-52(54)62-51)57-60-55(39-21-6-2-7-22-39)59-56(61-57)46-29-12-15-34-50(46)58(42-25-8-3-9-26-42)48-32-13-10-27-44(48)45-28-11-14-33-49(45)58/h1-37H. The summed E-state index contributed by atoms with van der Waals surface area (Å²) in [5, 5.41) is 1.99. The van der Waals surface area contributed by atoms with Gasteiger partial charge in [-0.25, -0.2) is 15.0 Å². The molecule has 0 unspecified atom stereocenters. The molecule has 0 bridgehead atoms. The summed E-state index contributed by atoms with van der Waals surface area (Å²) in [5.74, 6) is 1.77. The molecule has 0 spiro atoms. The van der Waals surface area contributed by atoms with E-state index in [0.717, 1.165) is 60.9 Å². The van der Waals surface area contributed by atoms with Crippen molar-refractivity contribution in [1.82, 2.24) is 15.0 Å². The zero-order valence-corrected chi connectivity index (χ0v) is 33.6. The third kappa shape index (κ3) is 5.58. The molecule has 0 atom stereocenters. The first-order chi connectivity index (χ1) is 30.8. The van der Waals surface area contributed by atoms with Gasteiger partial charge in [-0.3, -0.25) is 0 Å². The molecule has 4 heteroatoms. The van der Waals surface area contributed by atoms with Crippen LogP contribution in [0.25, 0.3) is 89.5 Å². The molecule has 0 aliphatic heterocycles. The Bertz CT molecular complexity index is 3420. The lowest BCUT2D eigenvalue weighted by Crippen LogP contribution is -2.29. The van der Waals surface area contributed by atoms with Gasteiger partial charge in [-0.2, -0.15) is 0 Å². The summed E-state index contributed by atoms with van der Waals surface area (Å²) in [5.41, 5.74) is 15.4. The van der Waals surface area contributed by atoms with Crippen LogP contribution in [0.4, 0.5) is 0 Å². The van der Waals surface area contributed by atoms with Crippen LogP contribution in [0.2, 0.25) is 0 Å². The number of hydrogen-bond acceptors (Lipinski definition) is 4. The van der Waals surface area contributed by atoms with Gasteiger partial charge in [0.15, 0.2) is 17.5 Å². The Balaban J connectivity index is 1.12. The lowest BCUT2D eigenvalue weighted by atomic mass is 9.66. The molecule has 2 aromatic heterocycles. The van der Waals surface area contributed by atoms with Crippen LogP contribution >= 0.6 is 0 Å². The monoisotopic (exact) mass is 791 g/mol. The fourth-order valence-corrected chi connectivity index (χ4v) is 9.81. The second kappa shape index (κ2) is 14.5. The van der Waals surface area contributed by atoms with Crippen molar-refractivity contribution in [1.29, 1.82) is 0 Å². The van der Waals surface area contributed by atoms with E-state index in [9.17, 15) is 0 Å². The van der Waals surface area contributed by atoms with Gasteiger partial charge in [-0.1, -0.05) is 206 Å². The van der Waals surface area contributed by atoms with E-state index in [0.29, 0.717) is 17.5 Å². The van der Waals surface area contributed by atoms with Crippen LogP contribution in [0.3, 0.4) is 0 Å². The molecule has 0 saturated carbocycles. The van der Waals surface area contributed by atoms with Gasteiger partial charge in [0.1, 0.15) is 11.2 Å². The molecule has 0 amide bonds. The summed E-state index contributed by atoms with van der Waals surface area (Å²) in [6.45, 7) is 0. The van der Waals surface area contributed by atoms with Crippen molar-refractivity contribution in [2.45, 2.75) is 5.41 Å². The summed E-state index contributed by atoms with van der Waals surface area (Å²) >= 11 is 0. The third-order valence-corrected chi connectivity index (χ3v) is 12.4. The van der Waals surface area contributed by atoms with Gasteiger partial charge in [0.05, 0.1) is 5.41 Å². The second-order valence-electron chi connectivity index (χ2n) is 15.8. The Morgan fingerprint density at radius 2 is 0.710 bits per heavy atom. The highest BCUT2D eigenvalue weighted by Gasteiger charge is 2.47. The van der Waals surface area contributed by atoms with Crippen LogP contribution in [0, 0.1) is 0 Å². The molecule has 0 fully saturated rings. The lowest BCUT2D eigenvalue weighted by molar-refractivity contribution is 0.669. The van der Waals surface area contributed by atoms with Crippen LogP contribution < -0.4 is 0 Å². The maximum absolute atomic E-state index is 6.67. The summed E-state index contributed by atoms with van der Waals surface area (Å²) in [4.78, 5) is 16.2. The Hall–Kier alpha value is -8.21. The molecule has 12 rings (SSSR count). The second-order valence-corrected chi connectivity index (χ2v) is 15.8. The SMILES string of the molecule is c1ccc(-c2cccc(-c3cccc4oc5cccc(-c6nc(-c7ccccc7)nc(-c7ccccc7C7(c8ccccc8)c8ccccc8-c8ccccc87)n6)c5c34)c2)cc1. The highest BCUT2D eigenvalue weighted by Crippen LogP contribution is 2.57. The van der Waals surface area contributed by atoms with E-state index < -0.39 is 5.41 Å². The molecule has 0 saturated heterocycles. The molecule has 1 aliphatic carbocycles. The summed E-state index contributed by atoms with van der Waals surface area (Å²) in [7, 11) is 0. The van der Waals surface area contributed by atoms with Crippen molar-refractivity contribution in [2.24, 2.45) is 0 Å². The number of furan rings is 1. The van der Waals surface area contributed by atoms with Crippen molar-refractivity contribution >= 4 is 21.9 Å². The fraction of sp³-hybridized carbons (Fsp3) is 0.0172. The van der Waals surface area contributed by atoms with E-state index in [1.807, 2.05) is 30.3 Å². The number of benzene rings is 9. The summed E-state index contributed by atoms with van der Waals surface area (Å²) in [6, 6.07) is 79.1. The predicted octanol–water partition coefficient (Wildman–Crippen LogP) is 14.5. The Morgan fingerprint density at radius 1 is 0.290 bits per heavy atom. The summed E-state index contributed by atoms with van der Waals surface area (Å²) in [6.07, 6.45) is 0. The average molecular weight is 792 g/mol. The first-order valence-electron chi connectivity index (χ1n) is 21.0. The van der Waals surface area contributed by atoms with Gasteiger partial charge < -0.3 is 4.42 Å². The van der Waals surface area contributed by atoms with Gasteiger partial charge in [-0.15, -0.1) is 0 Å². The minimum atomic E-state index is -0.644. The highest BCUT2D eigenvalue weighted by molar-refractivity contribution is 6.17. The molecule has 4 nitrogen and oxygen atoms in total. The zero-order chi connectivity index (χ0) is 41.0. The first kappa shape index (κ1) is 35.7. The van der Waals surface area contributed by atoms with E-state index in [-0.39, 0.29) is 0 Å². The molecule has 11 aromatic rings. The van der Waals surface area contributed by atoms with Crippen molar-refractivity contribution in [2.75, 3.05) is 0 Å². The van der Waals surface area contributed by atoms with E-state index in [1.165, 1.54) is 33.4 Å². The van der Waals surface area contributed by atoms with E-state index in [2.05, 4.69) is 194 Å². The lowest BCUT2D eigenvalue weighted by Gasteiger charge is -2.35. The van der Waals surface area contributed by atoms with Crippen LogP contribution in [-0.4, -0.2) is 15.0 Å². The van der Waals surface area contributed by atoms with Crippen LogP contribution in [0.1, 0.15) is 22.3 Å². The maximum Gasteiger partial charge on any atom is 0.164 e. The smallest absolute Gasteiger partial charge is 0.164 e. The molecule has 2 heterocycles. The Kier molecular flexibility index (Phi) is 8.36. The molecule has 1 aliphatic rings. The largest absolute Gasteiger partial charge is 0.456 e. The summed E-state index contributed by atoms with van der Waals surface area (Å²) < 4.78 is 6.67. The molecular weight excluding hydrogens is 755 g/mol. The minimum Gasteiger partial charge on any atom is -0.456 e. The Labute approximate surface area is 359 Å². The van der Waals surface area contributed by atoms with Crippen molar-refractivity contribution in [3.05, 3.63) is 247 Å². The number of aromatic nitrogens is 3. The minimum absolute atomic E-state index is 0.575. The van der Waals surface area contributed by atoms with Gasteiger partial charge in [0.2, 0.25) is 0 Å². The number of nitrogens with zero attached hydrogens (tertiary/aromatic N) is 3. The topological polar surface area (TPSA) is 51.8 Å². The van der Waals surface area contributed by atoms with Crippen LogP contribution in [0.5, 0.6) is 0 Å². The van der Waals surface area contributed by atoms with Crippen molar-refractivity contribution in [3.63, 3.8) is 0 Å². The zero-order valence-electron chi connectivity index (χ0n) is 33.6. The highest BCUT2D eigenvalue weighted by atomic mass is 16.3. The van der Waals surface area contributed by atoms with Crippen molar-refractivity contribution < 1.29 is 4.42 Å². The van der Waals surface area contributed by atoms with Gasteiger partial charge in [0.25, 0.3) is 0 Å². The molecular formula is C58H37N3O. The molecule has 9 aromatic carbocycles. The van der Waals surface area contributed by atoms with Gasteiger partial charge >= 0.3 is 0 Å². The first-order valence-corrected chi connectivity index (χ1v) is 21.0.